The second-order valence-corrected chi connectivity index (χ2v) is 8.66. The van der Waals surface area contributed by atoms with Crippen molar-refractivity contribution < 1.29 is 19.1 Å². The summed E-state index contributed by atoms with van der Waals surface area (Å²) in [4.78, 5) is 38.8. The highest BCUT2D eigenvalue weighted by atomic mass is 16.5. The molecule has 1 aliphatic heterocycles. The van der Waals surface area contributed by atoms with Gasteiger partial charge < -0.3 is 19.9 Å². The van der Waals surface area contributed by atoms with Crippen molar-refractivity contribution in [1.29, 1.82) is 0 Å². The van der Waals surface area contributed by atoms with Crippen LogP contribution in [-0.2, 0) is 22.7 Å². The molecule has 8 heteroatoms. The Hall–Kier alpha value is -3.81. The zero-order valence-corrected chi connectivity index (χ0v) is 19.0. The lowest BCUT2D eigenvalue weighted by Crippen LogP contribution is -2.34. The molecule has 0 saturated carbocycles. The van der Waals surface area contributed by atoms with Crippen LogP contribution in [0, 0.1) is 5.92 Å². The fourth-order valence-electron chi connectivity index (χ4n) is 4.01. The van der Waals surface area contributed by atoms with Crippen molar-refractivity contribution in [2.45, 2.75) is 39.4 Å². The Kier molecular flexibility index (Phi) is 6.35. The molecule has 2 heterocycles. The van der Waals surface area contributed by atoms with Gasteiger partial charge in [0.15, 0.2) is 0 Å². The zero-order chi connectivity index (χ0) is 23.5. The zero-order valence-electron chi connectivity index (χ0n) is 19.0. The number of carbonyl (C=O) groups is 3. The quantitative estimate of drug-likeness (QED) is 0.513. The van der Waals surface area contributed by atoms with Crippen molar-refractivity contribution in [2.75, 3.05) is 12.4 Å². The molecule has 8 nitrogen and oxygen atoms in total. The number of ether oxygens (including phenoxy) is 1. The van der Waals surface area contributed by atoms with Gasteiger partial charge in [0, 0.05) is 29.3 Å². The number of methoxy groups -OCH3 is 1. The van der Waals surface area contributed by atoms with Gasteiger partial charge in [-0.25, -0.2) is 4.79 Å². The molecule has 1 atom stereocenters. The number of hydrogen-bond donors (Lipinski definition) is 2. The molecule has 33 heavy (non-hydrogen) atoms. The average molecular weight is 449 g/mol. The highest BCUT2D eigenvalue weighted by Crippen LogP contribution is 2.22. The van der Waals surface area contributed by atoms with Crippen LogP contribution in [0.15, 0.2) is 54.7 Å². The molecule has 1 fully saturated rings. The van der Waals surface area contributed by atoms with E-state index in [0.717, 1.165) is 27.9 Å². The maximum atomic E-state index is 12.7. The van der Waals surface area contributed by atoms with E-state index < -0.39 is 18.0 Å². The van der Waals surface area contributed by atoms with Gasteiger partial charge in [-0.1, -0.05) is 26.0 Å². The Morgan fingerprint density at radius 2 is 1.88 bits per heavy atom. The number of rotatable bonds is 8. The Labute approximate surface area is 192 Å². The predicted molar refractivity (Wildman–Crippen MR) is 126 cm³/mol. The minimum Gasteiger partial charge on any atom is -0.497 e. The maximum Gasteiger partial charge on any atom is 0.325 e. The van der Waals surface area contributed by atoms with Gasteiger partial charge in [-0.2, -0.15) is 0 Å². The third-order valence-electron chi connectivity index (χ3n) is 5.61. The smallest absolute Gasteiger partial charge is 0.325 e. The van der Waals surface area contributed by atoms with Gasteiger partial charge in [-0.05, 0) is 47.9 Å². The van der Waals surface area contributed by atoms with Crippen LogP contribution in [0.5, 0.6) is 5.75 Å². The first kappa shape index (κ1) is 22.4. The average Bonchev–Trinajstić information content (AvgIpc) is 3.29. The lowest BCUT2D eigenvalue weighted by molar-refractivity contribution is -0.130. The fraction of sp³-hybridized carbons (Fsp3) is 0.320. The van der Waals surface area contributed by atoms with Crippen molar-refractivity contribution in [1.82, 2.24) is 14.8 Å². The van der Waals surface area contributed by atoms with E-state index in [1.807, 2.05) is 30.5 Å². The number of nitrogens with zero attached hydrogens (tertiary/aromatic N) is 2. The number of amides is 4. The lowest BCUT2D eigenvalue weighted by Gasteiger charge is -2.13. The van der Waals surface area contributed by atoms with Crippen molar-refractivity contribution in [2.24, 2.45) is 5.92 Å². The van der Waals surface area contributed by atoms with Gasteiger partial charge >= 0.3 is 6.03 Å². The standard InChI is InChI=1S/C25H28N4O4/c1-16(2)14-28-11-10-18-12-19(6-9-22(18)28)26-23(30)13-21-24(31)29(25(32)27-21)15-17-4-7-20(33-3)8-5-17/h4-12,16,21H,13-15H2,1-3H3,(H,26,30)(H,27,32)/t21-/m0/s1. The number of anilines is 1. The summed E-state index contributed by atoms with van der Waals surface area (Å²) in [5.74, 6) is 0.483. The lowest BCUT2D eigenvalue weighted by atomic mass is 10.1. The number of hydrogen-bond acceptors (Lipinski definition) is 4. The number of aromatic nitrogens is 1. The molecule has 4 rings (SSSR count). The van der Waals surface area contributed by atoms with Gasteiger partial charge in [-0.3, -0.25) is 14.5 Å². The molecule has 1 saturated heterocycles. The van der Waals surface area contributed by atoms with E-state index >= 15 is 0 Å². The topological polar surface area (TPSA) is 92.7 Å². The Balaban J connectivity index is 1.37. The number of benzene rings is 2. The van der Waals surface area contributed by atoms with E-state index in [4.69, 9.17) is 4.74 Å². The SMILES string of the molecule is COc1ccc(CN2C(=O)N[C@@H](CC(=O)Nc3ccc4c(ccn4CC(C)C)c3)C2=O)cc1. The minimum absolute atomic E-state index is 0.129. The van der Waals surface area contributed by atoms with E-state index in [2.05, 4.69) is 29.0 Å². The molecule has 0 unspecified atom stereocenters. The number of carbonyl (C=O) groups excluding carboxylic acids is 3. The Bertz CT molecular complexity index is 1180. The molecule has 1 aromatic heterocycles. The molecule has 0 bridgehead atoms. The minimum atomic E-state index is -0.883. The third-order valence-corrected chi connectivity index (χ3v) is 5.61. The van der Waals surface area contributed by atoms with Gasteiger partial charge in [-0.15, -0.1) is 0 Å². The van der Waals surface area contributed by atoms with Crippen LogP contribution in [0.3, 0.4) is 0 Å². The molecule has 4 amide bonds. The summed E-state index contributed by atoms with van der Waals surface area (Å²) in [6.07, 6.45) is 1.91. The normalized spacial score (nSPS) is 15.9. The summed E-state index contributed by atoms with van der Waals surface area (Å²) in [6.45, 7) is 5.39. The summed E-state index contributed by atoms with van der Waals surface area (Å²) in [5, 5.41) is 6.48. The number of imide groups is 1. The second-order valence-electron chi connectivity index (χ2n) is 8.66. The molecule has 0 aliphatic carbocycles. The van der Waals surface area contributed by atoms with Crippen molar-refractivity contribution in [3.8, 4) is 5.75 Å². The van der Waals surface area contributed by atoms with Gasteiger partial charge in [0.2, 0.25) is 5.91 Å². The molecule has 1 aliphatic rings. The van der Waals surface area contributed by atoms with E-state index in [9.17, 15) is 14.4 Å². The predicted octanol–water partition coefficient (Wildman–Crippen LogP) is 3.76. The molecular weight excluding hydrogens is 420 g/mol. The van der Waals surface area contributed by atoms with Gasteiger partial charge in [0.05, 0.1) is 20.1 Å². The molecule has 0 radical (unpaired) electrons. The molecular formula is C25H28N4O4. The fourth-order valence-corrected chi connectivity index (χ4v) is 4.01. The number of fused-ring (bicyclic) bond motifs is 1. The first-order valence-electron chi connectivity index (χ1n) is 11.0. The maximum absolute atomic E-state index is 12.7. The molecule has 172 valence electrons. The monoisotopic (exact) mass is 448 g/mol. The van der Waals surface area contributed by atoms with E-state index in [1.54, 1.807) is 31.4 Å². The Morgan fingerprint density at radius 3 is 2.58 bits per heavy atom. The highest BCUT2D eigenvalue weighted by Gasteiger charge is 2.39. The van der Waals surface area contributed by atoms with Crippen LogP contribution in [0.4, 0.5) is 10.5 Å². The summed E-state index contributed by atoms with van der Waals surface area (Å²) < 4.78 is 7.32. The number of nitrogens with one attached hydrogen (secondary N) is 2. The van der Waals surface area contributed by atoms with Gasteiger partial charge in [0.1, 0.15) is 11.8 Å². The Morgan fingerprint density at radius 1 is 1.12 bits per heavy atom. The molecule has 2 aromatic carbocycles. The summed E-state index contributed by atoms with van der Waals surface area (Å²) in [6, 6.07) is 13.5. The first-order valence-corrected chi connectivity index (χ1v) is 11.0. The van der Waals surface area contributed by atoms with Crippen LogP contribution in [-0.4, -0.2) is 40.5 Å². The van der Waals surface area contributed by atoms with Crippen LogP contribution in [0.2, 0.25) is 0 Å². The van der Waals surface area contributed by atoms with E-state index in [0.29, 0.717) is 17.4 Å². The molecule has 3 aromatic rings. The van der Waals surface area contributed by atoms with Crippen LogP contribution in [0.1, 0.15) is 25.8 Å². The molecule has 2 N–H and O–H groups in total. The van der Waals surface area contributed by atoms with Crippen molar-refractivity contribution in [3.05, 3.63) is 60.3 Å². The van der Waals surface area contributed by atoms with E-state index in [-0.39, 0.29) is 18.9 Å². The summed E-state index contributed by atoms with van der Waals surface area (Å²) in [5.41, 5.74) is 2.55. The van der Waals surface area contributed by atoms with Gasteiger partial charge in [0.25, 0.3) is 5.91 Å². The largest absolute Gasteiger partial charge is 0.497 e. The van der Waals surface area contributed by atoms with E-state index in [1.165, 1.54) is 0 Å². The highest BCUT2D eigenvalue weighted by molar-refractivity contribution is 6.07. The summed E-state index contributed by atoms with van der Waals surface area (Å²) in [7, 11) is 1.57. The first-order chi connectivity index (χ1) is 15.8. The third kappa shape index (κ3) is 5.00. The van der Waals surface area contributed by atoms with Crippen LogP contribution >= 0.6 is 0 Å². The number of urea groups is 1. The summed E-state index contributed by atoms with van der Waals surface area (Å²) >= 11 is 0. The van der Waals surface area contributed by atoms with Crippen molar-refractivity contribution >= 4 is 34.4 Å². The van der Waals surface area contributed by atoms with Crippen molar-refractivity contribution in [3.63, 3.8) is 0 Å². The molecule has 0 spiro atoms. The van der Waals surface area contributed by atoms with Crippen LogP contribution in [0.25, 0.3) is 10.9 Å². The van der Waals surface area contributed by atoms with Crippen LogP contribution < -0.4 is 15.4 Å². The second kappa shape index (κ2) is 9.36.